The van der Waals surface area contributed by atoms with E-state index in [-0.39, 0.29) is 5.41 Å². The Hall–Kier alpha value is -1.19. The predicted molar refractivity (Wildman–Crippen MR) is 98.8 cm³/mol. The molecule has 1 nitrogen and oxygen atoms in total. The average Bonchev–Trinajstić information content (AvgIpc) is 2.44. The van der Waals surface area contributed by atoms with Crippen molar-refractivity contribution in [2.24, 2.45) is 0 Å². The number of hydrogen-bond acceptors (Lipinski definition) is 2. The number of phenols is 1. The third kappa shape index (κ3) is 4.17. The van der Waals surface area contributed by atoms with Crippen molar-refractivity contribution < 1.29 is 5.11 Å². The molecule has 0 aliphatic carbocycles. The maximum absolute atomic E-state index is 10.0. The molecule has 22 heavy (non-hydrogen) atoms. The molecule has 0 bridgehead atoms. The van der Waals surface area contributed by atoms with E-state index >= 15 is 0 Å². The highest BCUT2D eigenvalue weighted by Crippen LogP contribution is 2.33. The van der Waals surface area contributed by atoms with Crippen molar-refractivity contribution in [2.75, 3.05) is 5.38 Å². The standard InChI is InChI=1S/C19H24OSSi/c1-13-7-6-8-18(14(13)2)22-12-21-15-9-10-17(20)16(11-15)19(3,4)5/h6-11,20H,12H2,1-5H3. The Morgan fingerprint density at radius 1 is 1.09 bits per heavy atom. The van der Waals surface area contributed by atoms with Gasteiger partial charge >= 0.3 is 0 Å². The fourth-order valence-electron chi connectivity index (χ4n) is 2.35. The molecule has 0 aliphatic rings. The molecule has 2 rings (SSSR count). The van der Waals surface area contributed by atoms with Crippen LogP contribution < -0.4 is 5.19 Å². The maximum Gasteiger partial charge on any atom is 0.119 e. The van der Waals surface area contributed by atoms with Gasteiger partial charge in [0, 0.05) is 10.5 Å². The van der Waals surface area contributed by atoms with Crippen LogP contribution in [0.15, 0.2) is 41.3 Å². The number of aryl methyl sites for hydroxylation is 1. The lowest BCUT2D eigenvalue weighted by Gasteiger charge is -2.21. The van der Waals surface area contributed by atoms with Crippen LogP contribution >= 0.6 is 11.8 Å². The minimum atomic E-state index is -0.0317. The second-order valence-electron chi connectivity index (χ2n) is 6.64. The summed E-state index contributed by atoms with van der Waals surface area (Å²) in [6, 6.07) is 12.5. The van der Waals surface area contributed by atoms with E-state index in [4.69, 9.17) is 0 Å². The summed E-state index contributed by atoms with van der Waals surface area (Å²) >= 11 is 1.87. The zero-order valence-electron chi connectivity index (χ0n) is 14.0. The lowest BCUT2D eigenvalue weighted by atomic mass is 9.86. The summed E-state index contributed by atoms with van der Waals surface area (Å²) in [5, 5.41) is 12.6. The third-order valence-electron chi connectivity index (χ3n) is 3.88. The van der Waals surface area contributed by atoms with Gasteiger partial charge in [0.2, 0.25) is 0 Å². The van der Waals surface area contributed by atoms with Gasteiger partial charge in [0.1, 0.15) is 5.75 Å². The SMILES string of the molecule is Cc1cccc([Si]CSc2ccc(O)c(C(C)(C)C)c2)c1C. The van der Waals surface area contributed by atoms with Gasteiger partial charge in [-0.05, 0) is 54.0 Å². The molecule has 2 aromatic rings. The van der Waals surface area contributed by atoms with E-state index in [2.05, 4.69) is 58.9 Å². The number of aromatic hydroxyl groups is 1. The zero-order chi connectivity index (χ0) is 16.3. The minimum absolute atomic E-state index is 0.0317. The number of rotatable bonds is 4. The topological polar surface area (TPSA) is 20.2 Å². The quantitative estimate of drug-likeness (QED) is 0.664. The van der Waals surface area contributed by atoms with E-state index in [1.54, 1.807) is 0 Å². The molecule has 0 aromatic heterocycles. The molecule has 0 saturated carbocycles. The summed E-state index contributed by atoms with van der Waals surface area (Å²) in [5.41, 5.74) is 3.78. The van der Waals surface area contributed by atoms with Crippen molar-refractivity contribution in [1.29, 1.82) is 0 Å². The first-order chi connectivity index (χ1) is 10.3. The second-order valence-corrected chi connectivity index (χ2v) is 9.45. The molecule has 0 saturated heterocycles. The normalized spacial score (nSPS) is 11.7. The molecule has 3 heteroatoms. The number of phenolic OH excluding ortho intramolecular Hbond substituents is 1. The monoisotopic (exact) mass is 328 g/mol. The Bertz CT molecular complexity index is 659. The van der Waals surface area contributed by atoms with Gasteiger partial charge in [0.25, 0.3) is 0 Å². The van der Waals surface area contributed by atoms with Crippen molar-refractivity contribution in [3.8, 4) is 5.75 Å². The molecular formula is C19H24OSSi. The summed E-state index contributed by atoms with van der Waals surface area (Å²) in [7, 11) is 0.806. The molecule has 0 heterocycles. The first kappa shape index (κ1) is 17.2. The summed E-state index contributed by atoms with van der Waals surface area (Å²) in [5.74, 6) is 0.397. The van der Waals surface area contributed by atoms with E-state index < -0.39 is 0 Å². The molecule has 0 fully saturated rings. The average molecular weight is 329 g/mol. The van der Waals surface area contributed by atoms with Gasteiger partial charge in [-0.1, -0.05) is 44.2 Å². The van der Waals surface area contributed by atoms with E-state index in [0.717, 1.165) is 20.5 Å². The smallest absolute Gasteiger partial charge is 0.119 e. The van der Waals surface area contributed by atoms with Gasteiger partial charge in [0.05, 0.1) is 9.52 Å². The Morgan fingerprint density at radius 3 is 2.50 bits per heavy atom. The van der Waals surface area contributed by atoms with Crippen molar-refractivity contribution >= 4 is 26.5 Å². The lowest BCUT2D eigenvalue weighted by Crippen LogP contribution is -2.20. The molecule has 2 radical (unpaired) electrons. The Labute approximate surface area is 141 Å². The molecule has 0 atom stereocenters. The minimum Gasteiger partial charge on any atom is -0.508 e. The highest BCUT2D eigenvalue weighted by atomic mass is 32.2. The van der Waals surface area contributed by atoms with E-state index in [0.29, 0.717) is 5.75 Å². The van der Waals surface area contributed by atoms with Gasteiger partial charge in [-0.2, -0.15) is 0 Å². The van der Waals surface area contributed by atoms with E-state index in [9.17, 15) is 5.11 Å². The fourth-order valence-corrected chi connectivity index (χ4v) is 4.96. The number of benzene rings is 2. The predicted octanol–water partition coefficient (Wildman–Crippen LogP) is 4.39. The van der Waals surface area contributed by atoms with Crippen LogP contribution in [0.3, 0.4) is 0 Å². The van der Waals surface area contributed by atoms with Gasteiger partial charge in [-0.3, -0.25) is 0 Å². The molecular weight excluding hydrogens is 304 g/mol. The van der Waals surface area contributed by atoms with Crippen LogP contribution in [0.2, 0.25) is 0 Å². The van der Waals surface area contributed by atoms with Crippen molar-refractivity contribution in [3.63, 3.8) is 0 Å². The van der Waals surface area contributed by atoms with E-state index in [1.807, 2.05) is 23.9 Å². The molecule has 0 amide bonds. The number of hydrogen-bond donors (Lipinski definition) is 1. The van der Waals surface area contributed by atoms with Crippen molar-refractivity contribution in [2.45, 2.75) is 44.9 Å². The van der Waals surface area contributed by atoms with Crippen LogP contribution in [0.25, 0.3) is 0 Å². The van der Waals surface area contributed by atoms with Crippen LogP contribution in [0, 0.1) is 13.8 Å². The van der Waals surface area contributed by atoms with Crippen LogP contribution in [-0.4, -0.2) is 20.0 Å². The summed E-state index contributed by atoms with van der Waals surface area (Å²) in [6.07, 6.45) is 0. The molecule has 116 valence electrons. The zero-order valence-corrected chi connectivity index (χ0v) is 15.8. The van der Waals surface area contributed by atoms with Crippen LogP contribution in [0.5, 0.6) is 5.75 Å². The summed E-state index contributed by atoms with van der Waals surface area (Å²) in [4.78, 5) is 1.24. The molecule has 2 aromatic carbocycles. The Balaban J connectivity index is 2.05. The Morgan fingerprint density at radius 2 is 1.82 bits per heavy atom. The number of thioether (sulfide) groups is 1. The highest BCUT2D eigenvalue weighted by molar-refractivity contribution is 8.00. The second kappa shape index (κ2) is 6.92. The largest absolute Gasteiger partial charge is 0.508 e. The fraction of sp³-hybridized carbons (Fsp3) is 0.368. The van der Waals surface area contributed by atoms with Crippen LogP contribution in [0.4, 0.5) is 0 Å². The molecule has 0 unspecified atom stereocenters. The van der Waals surface area contributed by atoms with E-state index in [1.165, 1.54) is 21.2 Å². The first-order valence-electron chi connectivity index (χ1n) is 7.55. The van der Waals surface area contributed by atoms with Crippen molar-refractivity contribution in [3.05, 3.63) is 53.1 Å². The molecule has 1 N–H and O–H groups in total. The molecule has 0 spiro atoms. The van der Waals surface area contributed by atoms with Crippen molar-refractivity contribution in [1.82, 2.24) is 0 Å². The van der Waals surface area contributed by atoms with Gasteiger partial charge in [-0.15, -0.1) is 11.8 Å². The van der Waals surface area contributed by atoms with Crippen LogP contribution in [-0.2, 0) is 5.41 Å². The summed E-state index contributed by atoms with van der Waals surface area (Å²) in [6.45, 7) is 10.8. The van der Waals surface area contributed by atoms with Crippen LogP contribution in [0.1, 0.15) is 37.5 Å². The summed E-state index contributed by atoms with van der Waals surface area (Å²) < 4.78 is 0. The third-order valence-corrected chi connectivity index (χ3v) is 6.55. The maximum atomic E-state index is 10.0. The van der Waals surface area contributed by atoms with Gasteiger partial charge in [-0.25, -0.2) is 0 Å². The Kier molecular flexibility index (Phi) is 5.40. The lowest BCUT2D eigenvalue weighted by molar-refractivity contribution is 0.446. The highest BCUT2D eigenvalue weighted by Gasteiger charge is 2.18. The molecule has 0 aliphatic heterocycles. The van der Waals surface area contributed by atoms with Gasteiger partial charge in [0.15, 0.2) is 0 Å². The first-order valence-corrected chi connectivity index (χ1v) is 9.74. The van der Waals surface area contributed by atoms with Gasteiger partial charge < -0.3 is 5.11 Å².